The molecule has 0 radical (unpaired) electrons. The molecule has 2 atom stereocenters. The summed E-state index contributed by atoms with van der Waals surface area (Å²) in [6, 6.07) is 7.00. The molecule has 2 N–H and O–H groups in total. The van der Waals surface area contributed by atoms with Crippen molar-refractivity contribution < 1.29 is 14.7 Å². The molecule has 0 spiro atoms. The normalized spacial score (nSPS) is 13.6. The minimum atomic E-state index is -0.975. The number of rotatable bonds is 7. The Morgan fingerprint density at radius 3 is 2.40 bits per heavy atom. The van der Waals surface area contributed by atoms with Gasteiger partial charge in [-0.1, -0.05) is 48.3 Å². The molecule has 1 unspecified atom stereocenters. The van der Waals surface area contributed by atoms with Crippen LogP contribution in [0.2, 0.25) is 0 Å². The molecule has 1 aromatic rings. The number of carbonyl (C=O) groups is 2. The van der Waals surface area contributed by atoms with Crippen LogP contribution >= 0.6 is 15.9 Å². The molecule has 0 aliphatic carbocycles. The lowest BCUT2D eigenvalue weighted by molar-refractivity contribution is -0.142. The molecule has 0 bridgehead atoms. The number of hydrogen-bond acceptors (Lipinski definition) is 2. The van der Waals surface area contributed by atoms with E-state index in [4.69, 9.17) is 5.11 Å². The van der Waals surface area contributed by atoms with E-state index in [9.17, 15) is 9.59 Å². The van der Waals surface area contributed by atoms with Gasteiger partial charge in [0.25, 0.3) is 0 Å². The Kier molecular flexibility index (Phi) is 6.71. The van der Waals surface area contributed by atoms with Gasteiger partial charge in [0.05, 0.1) is 0 Å². The van der Waals surface area contributed by atoms with Gasteiger partial charge in [0.1, 0.15) is 6.04 Å². The molecule has 1 rings (SSSR count). The summed E-state index contributed by atoms with van der Waals surface area (Å²) in [7, 11) is 0. The third-order valence-electron chi connectivity index (χ3n) is 3.14. The molecule has 5 heteroatoms. The number of carboxylic acids is 1. The molecule has 1 amide bonds. The molecular formula is C15H20BrNO3. The molecule has 0 saturated carbocycles. The predicted molar refractivity (Wildman–Crippen MR) is 81.6 cm³/mol. The summed E-state index contributed by atoms with van der Waals surface area (Å²) in [5.74, 6) is -1.14. The summed E-state index contributed by atoms with van der Waals surface area (Å²) in [5, 5.41) is 11.6. The smallest absolute Gasteiger partial charge is 0.326 e. The van der Waals surface area contributed by atoms with Crippen molar-refractivity contribution in [3.63, 3.8) is 0 Å². The van der Waals surface area contributed by atoms with E-state index in [1.54, 1.807) is 0 Å². The van der Waals surface area contributed by atoms with Gasteiger partial charge in [0, 0.05) is 10.9 Å². The van der Waals surface area contributed by atoms with E-state index in [-0.39, 0.29) is 18.2 Å². The number of nitrogens with one attached hydrogen (secondary N) is 1. The second-order valence-corrected chi connectivity index (χ2v) is 5.82. The third-order valence-corrected chi connectivity index (χ3v) is 3.67. The van der Waals surface area contributed by atoms with Crippen LogP contribution in [0, 0.1) is 0 Å². The van der Waals surface area contributed by atoms with Crippen LogP contribution in [0.4, 0.5) is 0 Å². The highest BCUT2D eigenvalue weighted by Gasteiger charge is 2.20. The molecule has 110 valence electrons. The largest absolute Gasteiger partial charge is 0.480 e. The average Bonchev–Trinajstić information content (AvgIpc) is 2.38. The monoisotopic (exact) mass is 341 g/mol. The Bertz CT molecular complexity index is 459. The van der Waals surface area contributed by atoms with Crippen molar-refractivity contribution in [2.75, 3.05) is 0 Å². The average molecular weight is 342 g/mol. The summed E-state index contributed by atoms with van der Waals surface area (Å²) < 4.78 is 0.992. The predicted octanol–water partition coefficient (Wildman–Crippen LogP) is 3.31. The highest BCUT2D eigenvalue weighted by atomic mass is 79.9. The van der Waals surface area contributed by atoms with Gasteiger partial charge < -0.3 is 10.4 Å². The Balaban J connectivity index is 2.56. The topological polar surface area (TPSA) is 66.4 Å². The van der Waals surface area contributed by atoms with E-state index in [1.165, 1.54) is 0 Å². The second-order valence-electron chi connectivity index (χ2n) is 4.90. The van der Waals surface area contributed by atoms with E-state index < -0.39 is 12.0 Å². The van der Waals surface area contributed by atoms with Gasteiger partial charge in [0.15, 0.2) is 0 Å². The molecule has 0 heterocycles. The van der Waals surface area contributed by atoms with Gasteiger partial charge in [-0.05, 0) is 30.0 Å². The molecule has 0 aromatic heterocycles. The second kappa shape index (κ2) is 8.04. The van der Waals surface area contributed by atoms with Gasteiger partial charge in [-0.25, -0.2) is 4.79 Å². The van der Waals surface area contributed by atoms with Gasteiger partial charge >= 0.3 is 5.97 Å². The van der Waals surface area contributed by atoms with Crippen molar-refractivity contribution in [2.45, 2.75) is 45.1 Å². The van der Waals surface area contributed by atoms with E-state index in [0.717, 1.165) is 16.5 Å². The van der Waals surface area contributed by atoms with Crippen molar-refractivity contribution in [3.05, 3.63) is 34.3 Å². The first kappa shape index (κ1) is 16.7. The van der Waals surface area contributed by atoms with Gasteiger partial charge in [-0.2, -0.15) is 0 Å². The lowest BCUT2D eigenvalue weighted by atomic mass is 9.97. The zero-order valence-corrected chi connectivity index (χ0v) is 13.3. The summed E-state index contributed by atoms with van der Waals surface area (Å²) in [6.45, 7) is 3.85. The van der Waals surface area contributed by atoms with Crippen LogP contribution in [-0.4, -0.2) is 23.0 Å². The summed E-state index contributed by atoms with van der Waals surface area (Å²) >= 11 is 3.37. The Morgan fingerprint density at radius 2 is 1.90 bits per heavy atom. The van der Waals surface area contributed by atoms with E-state index in [1.807, 2.05) is 38.1 Å². The summed E-state index contributed by atoms with van der Waals surface area (Å²) in [4.78, 5) is 22.9. The minimum absolute atomic E-state index is 0.0548. The van der Waals surface area contributed by atoms with Crippen molar-refractivity contribution in [3.8, 4) is 0 Å². The fraction of sp³-hybridized carbons (Fsp3) is 0.467. The van der Waals surface area contributed by atoms with Crippen LogP contribution in [0.1, 0.15) is 44.6 Å². The maximum absolute atomic E-state index is 11.9. The number of aliphatic carboxylic acids is 1. The molecule has 4 nitrogen and oxygen atoms in total. The van der Waals surface area contributed by atoms with Crippen molar-refractivity contribution >= 4 is 27.8 Å². The first-order valence-corrected chi connectivity index (χ1v) is 7.51. The van der Waals surface area contributed by atoms with E-state index in [0.29, 0.717) is 6.42 Å². The number of hydrogen-bond donors (Lipinski definition) is 2. The Hall–Kier alpha value is -1.36. The highest BCUT2D eigenvalue weighted by Crippen LogP contribution is 2.21. The molecule has 0 aliphatic rings. The first-order chi connectivity index (χ1) is 9.43. The van der Waals surface area contributed by atoms with Crippen molar-refractivity contribution in [1.29, 1.82) is 0 Å². The SMILES string of the molecule is CCC[C@H](NC(=O)CC(C)c1ccc(Br)cc1)C(=O)O. The third kappa shape index (κ3) is 5.33. The quantitative estimate of drug-likeness (QED) is 0.799. The zero-order chi connectivity index (χ0) is 15.1. The van der Waals surface area contributed by atoms with E-state index >= 15 is 0 Å². The number of carboxylic acid groups (broad SMARTS) is 1. The highest BCUT2D eigenvalue weighted by molar-refractivity contribution is 9.10. The van der Waals surface area contributed by atoms with Crippen molar-refractivity contribution in [2.24, 2.45) is 0 Å². The lowest BCUT2D eigenvalue weighted by Gasteiger charge is -2.16. The minimum Gasteiger partial charge on any atom is -0.480 e. The Morgan fingerprint density at radius 1 is 1.30 bits per heavy atom. The zero-order valence-electron chi connectivity index (χ0n) is 11.7. The maximum Gasteiger partial charge on any atom is 0.326 e. The van der Waals surface area contributed by atoms with Gasteiger partial charge in [-0.15, -0.1) is 0 Å². The van der Waals surface area contributed by atoms with Crippen LogP contribution in [0.25, 0.3) is 0 Å². The Labute approximate surface area is 127 Å². The number of benzene rings is 1. The van der Waals surface area contributed by atoms with Crippen LogP contribution in [0.15, 0.2) is 28.7 Å². The van der Waals surface area contributed by atoms with Gasteiger partial charge in [-0.3, -0.25) is 4.79 Å². The first-order valence-electron chi connectivity index (χ1n) is 6.71. The molecule has 0 fully saturated rings. The summed E-state index contributed by atoms with van der Waals surface area (Å²) in [5.41, 5.74) is 1.06. The lowest BCUT2D eigenvalue weighted by Crippen LogP contribution is -2.40. The number of amides is 1. The molecule has 1 aromatic carbocycles. The number of carbonyl (C=O) groups excluding carboxylic acids is 1. The maximum atomic E-state index is 11.9. The number of halogens is 1. The van der Waals surface area contributed by atoms with Crippen LogP contribution in [-0.2, 0) is 9.59 Å². The van der Waals surface area contributed by atoms with Crippen LogP contribution in [0.3, 0.4) is 0 Å². The van der Waals surface area contributed by atoms with Crippen LogP contribution < -0.4 is 5.32 Å². The van der Waals surface area contributed by atoms with Crippen LogP contribution in [0.5, 0.6) is 0 Å². The van der Waals surface area contributed by atoms with Crippen molar-refractivity contribution in [1.82, 2.24) is 5.32 Å². The molecule has 0 aliphatic heterocycles. The summed E-state index contributed by atoms with van der Waals surface area (Å²) in [6.07, 6.45) is 1.46. The van der Waals surface area contributed by atoms with E-state index in [2.05, 4.69) is 21.2 Å². The standard InChI is InChI=1S/C15H20BrNO3/c1-3-4-13(15(19)20)17-14(18)9-10(2)11-5-7-12(16)8-6-11/h5-8,10,13H,3-4,9H2,1-2H3,(H,17,18)(H,19,20)/t10?,13-/m0/s1. The fourth-order valence-corrected chi connectivity index (χ4v) is 2.25. The van der Waals surface area contributed by atoms with Gasteiger partial charge in [0.2, 0.25) is 5.91 Å². The molecular weight excluding hydrogens is 322 g/mol. The molecule has 0 saturated heterocycles. The fourth-order valence-electron chi connectivity index (χ4n) is 1.99. The molecule has 20 heavy (non-hydrogen) atoms.